The molecule has 0 radical (unpaired) electrons. The van der Waals surface area contributed by atoms with E-state index in [2.05, 4.69) is 9.97 Å². The minimum absolute atomic E-state index is 0.0666. The molecule has 1 aliphatic carbocycles. The Bertz CT molecular complexity index is 710. The second-order valence-corrected chi connectivity index (χ2v) is 5.23. The van der Waals surface area contributed by atoms with E-state index in [1.165, 1.54) is 0 Å². The van der Waals surface area contributed by atoms with E-state index in [1.807, 2.05) is 11.5 Å². The molecule has 7 nitrogen and oxygen atoms in total. The highest BCUT2D eigenvalue weighted by molar-refractivity contribution is 5.85. The molecular formula is C14H18N4O3. The molecule has 0 fully saturated rings. The summed E-state index contributed by atoms with van der Waals surface area (Å²) in [5.41, 5.74) is 7.81. The van der Waals surface area contributed by atoms with Crippen molar-refractivity contribution in [3.63, 3.8) is 0 Å². The summed E-state index contributed by atoms with van der Waals surface area (Å²) in [5.74, 6) is 1.02. The van der Waals surface area contributed by atoms with Crippen LogP contribution in [0.2, 0.25) is 0 Å². The average Bonchev–Trinajstić information content (AvgIpc) is 2.92. The van der Waals surface area contributed by atoms with Gasteiger partial charge in [0, 0.05) is 12.8 Å². The third-order valence-corrected chi connectivity index (χ3v) is 3.95. The third-order valence-electron chi connectivity index (χ3n) is 3.95. The molecule has 0 saturated carbocycles. The summed E-state index contributed by atoms with van der Waals surface area (Å²) in [7, 11) is 0. The van der Waals surface area contributed by atoms with Crippen molar-refractivity contribution in [2.45, 2.75) is 31.6 Å². The van der Waals surface area contributed by atoms with Crippen molar-refractivity contribution in [2.24, 2.45) is 0 Å². The van der Waals surface area contributed by atoms with E-state index < -0.39 is 18.2 Å². The molecule has 7 heteroatoms. The first-order chi connectivity index (χ1) is 10.0. The second-order valence-electron chi connectivity index (χ2n) is 5.23. The summed E-state index contributed by atoms with van der Waals surface area (Å²) < 4.78 is 1.84. The highest BCUT2D eigenvalue weighted by Crippen LogP contribution is 2.34. The van der Waals surface area contributed by atoms with Crippen molar-refractivity contribution >= 4 is 16.9 Å². The molecule has 0 bridgehead atoms. The SMILES string of the molecule is Cc1nc2c(N)nccc2n1[C@@H]1C=C(CCO)[C@@H](O)[C@H]1O. The number of nitrogen functional groups attached to an aromatic ring is 1. The molecule has 2 heterocycles. The van der Waals surface area contributed by atoms with Gasteiger partial charge < -0.3 is 25.6 Å². The minimum atomic E-state index is -0.975. The Labute approximate surface area is 121 Å². The molecule has 21 heavy (non-hydrogen) atoms. The first-order valence-electron chi connectivity index (χ1n) is 6.81. The van der Waals surface area contributed by atoms with Crippen LogP contribution in [0.25, 0.3) is 11.0 Å². The Hall–Kier alpha value is -1.96. The van der Waals surface area contributed by atoms with E-state index in [0.29, 0.717) is 29.2 Å². The number of anilines is 1. The maximum absolute atomic E-state index is 10.3. The van der Waals surface area contributed by atoms with Gasteiger partial charge in [-0.3, -0.25) is 0 Å². The molecule has 2 aromatic rings. The van der Waals surface area contributed by atoms with Crippen LogP contribution in [0.3, 0.4) is 0 Å². The van der Waals surface area contributed by atoms with Crippen LogP contribution < -0.4 is 5.73 Å². The molecule has 2 aromatic heterocycles. The van der Waals surface area contributed by atoms with Gasteiger partial charge in [-0.2, -0.15) is 0 Å². The number of aliphatic hydroxyl groups excluding tert-OH is 3. The largest absolute Gasteiger partial charge is 0.396 e. The van der Waals surface area contributed by atoms with E-state index in [4.69, 9.17) is 10.8 Å². The van der Waals surface area contributed by atoms with E-state index >= 15 is 0 Å². The smallest absolute Gasteiger partial charge is 0.151 e. The van der Waals surface area contributed by atoms with Crippen LogP contribution in [-0.4, -0.2) is 48.7 Å². The molecule has 0 aromatic carbocycles. The van der Waals surface area contributed by atoms with E-state index in [9.17, 15) is 10.2 Å². The van der Waals surface area contributed by atoms with Crippen molar-refractivity contribution in [3.8, 4) is 0 Å². The minimum Gasteiger partial charge on any atom is -0.396 e. The number of rotatable bonds is 3. The highest BCUT2D eigenvalue weighted by atomic mass is 16.3. The van der Waals surface area contributed by atoms with Gasteiger partial charge in [-0.1, -0.05) is 6.08 Å². The number of nitrogens with zero attached hydrogens (tertiary/aromatic N) is 3. The summed E-state index contributed by atoms with van der Waals surface area (Å²) in [5, 5.41) is 29.4. The van der Waals surface area contributed by atoms with E-state index in [0.717, 1.165) is 5.52 Å². The van der Waals surface area contributed by atoms with Gasteiger partial charge in [0.15, 0.2) is 5.82 Å². The summed E-state index contributed by atoms with van der Waals surface area (Å²) in [6, 6.07) is 1.34. The molecule has 0 amide bonds. The molecule has 112 valence electrons. The number of imidazole rings is 1. The Morgan fingerprint density at radius 3 is 2.86 bits per heavy atom. The van der Waals surface area contributed by atoms with Crippen LogP contribution in [0.1, 0.15) is 18.3 Å². The number of aliphatic hydroxyl groups is 3. The van der Waals surface area contributed by atoms with Gasteiger partial charge in [0.05, 0.1) is 11.6 Å². The van der Waals surface area contributed by atoms with Crippen LogP contribution in [0.15, 0.2) is 23.9 Å². The van der Waals surface area contributed by atoms with Crippen LogP contribution in [0.4, 0.5) is 5.82 Å². The number of pyridine rings is 1. The maximum Gasteiger partial charge on any atom is 0.151 e. The van der Waals surface area contributed by atoms with E-state index in [-0.39, 0.29) is 6.61 Å². The zero-order chi connectivity index (χ0) is 15.1. The zero-order valence-corrected chi connectivity index (χ0v) is 11.6. The molecule has 5 N–H and O–H groups in total. The normalized spacial score (nSPS) is 25.5. The van der Waals surface area contributed by atoms with Gasteiger partial charge in [0.1, 0.15) is 23.5 Å². The Morgan fingerprint density at radius 2 is 2.14 bits per heavy atom. The molecule has 0 aliphatic heterocycles. The van der Waals surface area contributed by atoms with Crippen molar-refractivity contribution in [1.82, 2.24) is 14.5 Å². The lowest BCUT2D eigenvalue weighted by molar-refractivity contribution is 0.0304. The third kappa shape index (κ3) is 2.10. The summed E-state index contributed by atoms with van der Waals surface area (Å²) in [6.45, 7) is 1.75. The van der Waals surface area contributed by atoms with Crippen molar-refractivity contribution in [1.29, 1.82) is 0 Å². The van der Waals surface area contributed by atoms with Crippen LogP contribution in [-0.2, 0) is 0 Å². The molecular weight excluding hydrogens is 272 g/mol. The Balaban J connectivity index is 2.13. The number of fused-ring (bicyclic) bond motifs is 1. The quantitative estimate of drug-likeness (QED) is 0.587. The first-order valence-corrected chi connectivity index (χ1v) is 6.81. The second kappa shape index (κ2) is 5.10. The van der Waals surface area contributed by atoms with Gasteiger partial charge in [-0.15, -0.1) is 0 Å². The molecule has 0 spiro atoms. The number of aromatic nitrogens is 3. The number of hydrogen-bond acceptors (Lipinski definition) is 6. The maximum atomic E-state index is 10.3. The fourth-order valence-corrected chi connectivity index (χ4v) is 2.94. The van der Waals surface area contributed by atoms with Gasteiger partial charge in [0.2, 0.25) is 0 Å². The molecule has 0 saturated heterocycles. The van der Waals surface area contributed by atoms with Gasteiger partial charge in [0.25, 0.3) is 0 Å². The fraction of sp³-hybridized carbons (Fsp3) is 0.429. The molecule has 1 aliphatic rings. The monoisotopic (exact) mass is 290 g/mol. The van der Waals surface area contributed by atoms with Crippen LogP contribution in [0, 0.1) is 6.92 Å². The van der Waals surface area contributed by atoms with Gasteiger partial charge >= 0.3 is 0 Å². The predicted octanol–water partition coefficient (Wildman–Crippen LogP) is -0.0928. The summed E-state index contributed by atoms with van der Waals surface area (Å²) >= 11 is 0. The van der Waals surface area contributed by atoms with E-state index in [1.54, 1.807) is 18.3 Å². The van der Waals surface area contributed by atoms with Crippen LogP contribution >= 0.6 is 0 Å². The highest BCUT2D eigenvalue weighted by Gasteiger charge is 2.36. The topological polar surface area (TPSA) is 117 Å². The standard InChI is InChI=1S/C14H18N4O3/c1-7-17-11-9(2-4-16-14(11)15)18(7)10-6-8(3-5-19)12(20)13(10)21/h2,4,6,10,12-13,19-21H,3,5H2,1H3,(H2,15,16)/t10-,12-,13+/m1/s1. The average molecular weight is 290 g/mol. The zero-order valence-electron chi connectivity index (χ0n) is 11.6. The van der Waals surface area contributed by atoms with Crippen molar-refractivity contribution < 1.29 is 15.3 Å². The predicted molar refractivity (Wildman–Crippen MR) is 77.5 cm³/mol. The van der Waals surface area contributed by atoms with Crippen molar-refractivity contribution in [2.75, 3.05) is 12.3 Å². The lowest BCUT2D eigenvalue weighted by Gasteiger charge is -2.20. The molecule has 0 unspecified atom stereocenters. The molecule has 3 atom stereocenters. The number of hydrogen-bond donors (Lipinski definition) is 4. The fourth-order valence-electron chi connectivity index (χ4n) is 2.94. The number of aryl methyl sites for hydroxylation is 1. The molecule has 3 rings (SSSR count). The Kier molecular flexibility index (Phi) is 3.40. The van der Waals surface area contributed by atoms with Crippen molar-refractivity contribution in [3.05, 3.63) is 29.7 Å². The van der Waals surface area contributed by atoms with Gasteiger partial charge in [-0.25, -0.2) is 9.97 Å². The van der Waals surface area contributed by atoms with Gasteiger partial charge in [-0.05, 0) is 25.0 Å². The summed E-state index contributed by atoms with van der Waals surface area (Å²) in [4.78, 5) is 8.40. The number of nitrogens with two attached hydrogens (primary N) is 1. The summed E-state index contributed by atoms with van der Waals surface area (Å²) in [6.07, 6.45) is 1.77. The lowest BCUT2D eigenvalue weighted by atomic mass is 10.1. The Morgan fingerprint density at radius 1 is 1.38 bits per heavy atom. The van der Waals surface area contributed by atoms with Crippen LogP contribution in [0.5, 0.6) is 0 Å². The first kappa shape index (κ1) is 14.0. The lowest BCUT2D eigenvalue weighted by Crippen LogP contribution is -2.30.